The van der Waals surface area contributed by atoms with Gasteiger partial charge in [0.1, 0.15) is 0 Å². The predicted molar refractivity (Wildman–Crippen MR) is 83.0 cm³/mol. The van der Waals surface area contributed by atoms with Gasteiger partial charge in [-0.2, -0.15) is 0 Å². The van der Waals surface area contributed by atoms with E-state index in [2.05, 4.69) is 4.72 Å². The Morgan fingerprint density at radius 1 is 1.29 bits per heavy atom. The first kappa shape index (κ1) is 17.4. The molecule has 1 aromatic carbocycles. The highest BCUT2D eigenvalue weighted by Crippen LogP contribution is 2.06. The average Bonchev–Trinajstić information content (AvgIpc) is 2.43. The van der Waals surface area contributed by atoms with Gasteiger partial charge in [0.25, 0.3) is 0 Å². The molecular weight excluding hydrogens is 290 g/mol. The number of sulfonamides is 1. The van der Waals surface area contributed by atoms with Crippen LogP contribution < -0.4 is 4.72 Å². The number of esters is 1. The minimum Gasteiger partial charge on any atom is -0.466 e. The van der Waals surface area contributed by atoms with Crippen LogP contribution in [0.2, 0.25) is 0 Å². The van der Waals surface area contributed by atoms with E-state index in [1.165, 1.54) is 6.08 Å². The number of hydrogen-bond acceptors (Lipinski definition) is 4. The summed E-state index contributed by atoms with van der Waals surface area (Å²) in [5.41, 5.74) is 1.93. The molecule has 0 saturated carbocycles. The Bertz CT molecular complexity index is 576. The summed E-state index contributed by atoms with van der Waals surface area (Å²) >= 11 is 0. The topological polar surface area (TPSA) is 72.5 Å². The highest BCUT2D eigenvalue weighted by molar-refractivity contribution is 7.92. The molecule has 1 rings (SSSR count). The zero-order chi connectivity index (χ0) is 15.7. The van der Waals surface area contributed by atoms with Gasteiger partial charge in [-0.3, -0.25) is 4.79 Å². The summed E-state index contributed by atoms with van der Waals surface area (Å²) in [6, 6.07) is 7.53. The third-order valence-electron chi connectivity index (χ3n) is 2.68. The number of carbonyl (C=O) groups excluding carboxylic acids is 1. The first-order valence-corrected chi connectivity index (χ1v) is 8.37. The molecule has 1 aromatic rings. The Morgan fingerprint density at radius 2 is 1.95 bits per heavy atom. The van der Waals surface area contributed by atoms with Gasteiger partial charge in [-0.25, -0.2) is 13.1 Å². The van der Waals surface area contributed by atoms with Crippen LogP contribution in [0.3, 0.4) is 0 Å². The van der Waals surface area contributed by atoms with Crippen LogP contribution in [0, 0.1) is 6.92 Å². The minimum absolute atomic E-state index is 0.206. The van der Waals surface area contributed by atoms with Crippen molar-refractivity contribution in [2.24, 2.45) is 0 Å². The van der Waals surface area contributed by atoms with Crippen LogP contribution in [0.15, 0.2) is 29.7 Å². The molecule has 1 N–H and O–H groups in total. The normalized spacial score (nSPS) is 11.7. The van der Waals surface area contributed by atoms with Crippen molar-refractivity contribution in [1.29, 1.82) is 0 Å². The van der Waals surface area contributed by atoms with Gasteiger partial charge in [-0.15, -0.1) is 0 Å². The fraction of sp³-hybridized carbons (Fsp3) is 0.400. The molecule has 0 fully saturated rings. The highest BCUT2D eigenvalue weighted by Gasteiger charge is 2.06. The minimum atomic E-state index is -3.48. The molecular formula is C15H21NO4S. The van der Waals surface area contributed by atoms with Crippen molar-refractivity contribution in [3.63, 3.8) is 0 Å². The number of rotatable bonds is 8. The Balaban J connectivity index is 2.40. The molecule has 21 heavy (non-hydrogen) atoms. The van der Waals surface area contributed by atoms with Crippen molar-refractivity contribution in [2.45, 2.75) is 26.7 Å². The van der Waals surface area contributed by atoms with E-state index in [1.807, 2.05) is 31.2 Å². The molecule has 0 amide bonds. The second-order valence-electron chi connectivity index (χ2n) is 4.56. The van der Waals surface area contributed by atoms with Crippen molar-refractivity contribution < 1.29 is 17.9 Å². The Labute approximate surface area is 126 Å². The van der Waals surface area contributed by atoms with E-state index in [9.17, 15) is 13.2 Å². The number of hydrogen-bond donors (Lipinski definition) is 1. The van der Waals surface area contributed by atoms with E-state index in [0.717, 1.165) is 16.5 Å². The van der Waals surface area contributed by atoms with Crippen molar-refractivity contribution in [2.75, 3.05) is 13.2 Å². The van der Waals surface area contributed by atoms with Crippen LogP contribution in [0.1, 0.15) is 30.9 Å². The molecule has 0 atom stereocenters. The Kier molecular flexibility index (Phi) is 7.11. The van der Waals surface area contributed by atoms with Gasteiger partial charge in [-0.05, 0) is 31.9 Å². The second kappa shape index (κ2) is 8.59. The van der Waals surface area contributed by atoms with E-state index in [1.54, 1.807) is 6.92 Å². The molecule has 0 bridgehead atoms. The quantitative estimate of drug-likeness (QED) is 0.590. The molecule has 6 heteroatoms. The van der Waals surface area contributed by atoms with Crippen molar-refractivity contribution in [3.05, 3.63) is 40.8 Å². The predicted octanol–water partition coefficient (Wildman–Crippen LogP) is 2.23. The largest absolute Gasteiger partial charge is 0.466 e. The third-order valence-corrected chi connectivity index (χ3v) is 3.78. The summed E-state index contributed by atoms with van der Waals surface area (Å²) in [6.45, 7) is 4.25. The monoisotopic (exact) mass is 311 g/mol. The standard InChI is InChI=1S/C15H21NO4S/c1-3-20-15(17)5-4-11-16-21(18,19)12-10-14-8-6-13(2)7-9-14/h6-10,12,16H,3-5,11H2,1-2H3/b12-10+. The van der Waals surface area contributed by atoms with E-state index < -0.39 is 10.0 Å². The maximum absolute atomic E-state index is 11.7. The lowest BCUT2D eigenvalue weighted by Gasteiger charge is -2.03. The molecule has 0 aliphatic carbocycles. The number of ether oxygens (including phenoxy) is 1. The van der Waals surface area contributed by atoms with Crippen molar-refractivity contribution in [1.82, 2.24) is 4.72 Å². The molecule has 0 spiro atoms. The maximum Gasteiger partial charge on any atom is 0.305 e. The fourth-order valence-corrected chi connectivity index (χ4v) is 2.44. The van der Waals surface area contributed by atoms with Crippen molar-refractivity contribution >= 4 is 22.1 Å². The van der Waals surface area contributed by atoms with Crippen LogP contribution in [0.4, 0.5) is 0 Å². The third kappa shape index (κ3) is 7.63. The number of benzene rings is 1. The molecule has 5 nitrogen and oxygen atoms in total. The Morgan fingerprint density at radius 3 is 2.57 bits per heavy atom. The summed E-state index contributed by atoms with van der Waals surface area (Å²) in [7, 11) is -3.48. The van der Waals surface area contributed by atoms with Crippen LogP contribution in [-0.4, -0.2) is 27.5 Å². The first-order valence-electron chi connectivity index (χ1n) is 6.83. The van der Waals surface area contributed by atoms with Gasteiger partial charge in [0.05, 0.1) is 6.61 Å². The first-order chi connectivity index (χ1) is 9.93. The van der Waals surface area contributed by atoms with Crippen LogP contribution in [0.25, 0.3) is 6.08 Å². The molecule has 0 aliphatic heterocycles. The summed E-state index contributed by atoms with van der Waals surface area (Å²) in [6.07, 6.45) is 2.15. The zero-order valence-electron chi connectivity index (χ0n) is 12.3. The number of nitrogens with one attached hydrogen (secondary N) is 1. The van der Waals surface area contributed by atoms with Crippen LogP contribution >= 0.6 is 0 Å². The van der Waals surface area contributed by atoms with E-state index in [-0.39, 0.29) is 18.9 Å². The van der Waals surface area contributed by atoms with Crippen molar-refractivity contribution in [3.8, 4) is 0 Å². The van der Waals surface area contributed by atoms with Crippen LogP contribution in [-0.2, 0) is 19.6 Å². The lowest BCUT2D eigenvalue weighted by Crippen LogP contribution is -2.23. The lowest BCUT2D eigenvalue weighted by molar-refractivity contribution is -0.143. The van der Waals surface area contributed by atoms with Gasteiger partial charge in [0, 0.05) is 18.4 Å². The average molecular weight is 311 g/mol. The molecule has 0 saturated heterocycles. The summed E-state index contributed by atoms with van der Waals surface area (Å²) in [4.78, 5) is 11.1. The zero-order valence-corrected chi connectivity index (χ0v) is 13.2. The van der Waals surface area contributed by atoms with Gasteiger partial charge in [-0.1, -0.05) is 29.8 Å². The van der Waals surface area contributed by atoms with E-state index in [0.29, 0.717) is 13.0 Å². The maximum atomic E-state index is 11.7. The van der Waals surface area contributed by atoms with E-state index >= 15 is 0 Å². The smallest absolute Gasteiger partial charge is 0.305 e. The molecule has 0 aromatic heterocycles. The summed E-state index contributed by atoms with van der Waals surface area (Å²) < 4.78 is 30.6. The second-order valence-corrected chi connectivity index (χ2v) is 6.21. The lowest BCUT2D eigenvalue weighted by atomic mass is 10.2. The highest BCUT2D eigenvalue weighted by atomic mass is 32.2. The SMILES string of the molecule is CCOC(=O)CCCNS(=O)(=O)/C=C/c1ccc(C)cc1. The summed E-state index contributed by atoms with van der Waals surface area (Å²) in [5, 5.41) is 1.13. The molecule has 116 valence electrons. The van der Waals surface area contributed by atoms with Gasteiger partial charge in [0.2, 0.25) is 10.0 Å². The van der Waals surface area contributed by atoms with Gasteiger partial charge >= 0.3 is 5.97 Å². The Hall–Kier alpha value is -1.66. The number of aryl methyl sites for hydroxylation is 1. The molecule has 0 radical (unpaired) electrons. The van der Waals surface area contributed by atoms with Gasteiger partial charge < -0.3 is 4.74 Å². The molecule has 0 heterocycles. The fourth-order valence-electron chi connectivity index (χ4n) is 1.57. The summed E-state index contributed by atoms with van der Waals surface area (Å²) in [5.74, 6) is -0.313. The number of carbonyl (C=O) groups is 1. The molecule has 0 aliphatic rings. The van der Waals surface area contributed by atoms with E-state index in [4.69, 9.17) is 4.74 Å². The molecule has 0 unspecified atom stereocenters. The van der Waals surface area contributed by atoms with Gasteiger partial charge in [0.15, 0.2) is 0 Å². The van der Waals surface area contributed by atoms with Crippen LogP contribution in [0.5, 0.6) is 0 Å².